The lowest BCUT2D eigenvalue weighted by Gasteiger charge is -2.21. The van der Waals surface area contributed by atoms with Gasteiger partial charge in [-0.3, -0.25) is 0 Å². The highest BCUT2D eigenvalue weighted by Crippen LogP contribution is 2.30. The van der Waals surface area contributed by atoms with Gasteiger partial charge in [-0.05, 0) is 17.7 Å². The standard InChI is InChI=1S/C10H11F4NO2/c1-17-7-3-2-5(4-6(7)11)8(15)9(16)10(12,13)14/h2-4,8-9,16H,15H2,1H3/t8-,9-/m0/s1. The second-order valence-electron chi connectivity index (χ2n) is 3.41. The highest BCUT2D eigenvalue weighted by atomic mass is 19.4. The first kappa shape index (κ1) is 13.7. The van der Waals surface area contributed by atoms with Crippen LogP contribution < -0.4 is 10.5 Å². The summed E-state index contributed by atoms with van der Waals surface area (Å²) in [5.74, 6) is -0.947. The van der Waals surface area contributed by atoms with Gasteiger partial charge in [0.05, 0.1) is 13.2 Å². The van der Waals surface area contributed by atoms with E-state index in [1.54, 1.807) is 0 Å². The van der Waals surface area contributed by atoms with Crippen molar-refractivity contribution in [3.05, 3.63) is 29.6 Å². The Hall–Kier alpha value is -1.34. The van der Waals surface area contributed by atoms with Crippen molar-refractivity contribution in [1.82, 2.24) is 0 Å². The third-order valence-corrected chi connectivity index (χ3v) is 2.24. The highest BCUT2D eigenvalue weighted by Gasteiger charge is 2.42. The number of hydrogen-bond acceptors (Lipinski definition) is 3. The first-order valence-electron chi connectivity index (χ1n) is 4.61. The first-order chi connectivity index (χ1) is 7.77. The summed E-state index contributed by atoms with van der Waals surface area (Å²) in [6.45, 7) is 0. The minimum Gasteiger partial charge on any atom is -0.494 e. The predicted octanol–water partition coefficient (Wildman–Crippen LogP) is 1.76. The van der Waals surface area contributed by atoms with E-state index in [2.05, 4.69) is 4.74 Å². The molecule has 96 valence electrons. The maximum atomic E-state index is 13.2. The number of aliphatic hydroxyl groups excluding tert-OH is 1. The fourth-order valence-corrected chi connectivity index (χ4v) is 1.28. The minimum atomic E-state index is -4.85. The topological polar surface area (TPSA) is 55.5 Å². The number of aliphatic hydroxyl groups is 1. The molecule has 7 heteroatoms. The Bertz CT molecular complexity index is 394. The van der Waals surface area contributed by atoms with Crippen LogP contribution in [0.15, 0.2) is 18.2 Å². The Morgan fingerprint density at radius 3 is 2.35 bits per heavy atom. The zero-order chi connectivity index (χ0) is 13.2. The van der Waals surface area contributed by atoms with Gasteiger partial charge < -0.3 is 15.6 Å². The van der Waals surface area contributed by atoms with Crippen molar-refractivity contribution in [3.63, 3.8) is 0 Å². The second kappa shape index (κ2) is 4.89. The third-order valence-electron chi connectivity index (χ3n) is 2.24. The normalized spacial score (nSPS) is 15.5. The number of hydrogen-bond donors (Lipinski definition) is 2. The number of methoxy groups -OCH3 is 1. The van der Waals surface area contributed by atoms with Crippen LogP contribution in [0.4, 0.5) is 17.6 Å². The zero-order valence-electron chi connectivity index (χ0n) is 8.83. The van der Waals surface area contributed by atoms with Gasteiger partial charge in [-0.25, -0.2) is 4.39 Å². The van der Waals surface area contributed by atoms with E-state index >= 15 is 0 Å². The van der Waals surface area contributed by atoms with Crippen LogP contribution in [-0.2, 0) is 0 Å². The molecule has 17 heavy (non-hydrogen) atoms. The van der Waals surface area contributed by atoms with E-state index in [-0.39, 0.29) is 11.3 Å². The van der Waals surface area contributed by atoms with Gasteiger partial charge in [-0.2, -0.15) is 13.2 Å². The molecule has 0 amide bonds. The van der Waals surface area contributed by atoms with Crippen LogP contribution in [0.3, 0.4) is 0 Å². The van der Waals surface area contributed by atoms with Crippen molar-refractivity contribution in [2.75, 3.05) is 7.11 Å². The van der Waals surface area contributed by atoms with Gasteiger partial charge in [0.15, 0.2) is 17.7 Å². The maximum absolute atomic E-state index is 13.2. The number of alkyl halides is 3. The molecule has 0 fully saturated rings. The van der Waals surface area contributed by atoms with Gasteiger partial charge in [0.25, 0.3) is 0 Å². The van der Waals surface area contributed by atoms with Crippen molar-refractivity contribution in [1.29, 1.82) is 0 Å². The molecule has 1 rings (SSSR count). The predicted molar refractivity (Wildman–Crippen MR) is 51.9 cm³/mol. The van der Waals surface area contributed by atoms with Crippen LogP contribution in [-0.4, -0.2) is 24.5 Å². The van der Waals surface area contributed by atoms with E-state index in [0.29, 0.717) is 0 Å². The Balaban J connectivity index is 2.97. The Morgan fingerprint density at radius 2 is 1.94 bits per heavy atom. The molecule has 1 aromatic carbocycles. The van der Waals surface area contributed by atoms with Gasteiger partial charge in [-0.1, -0.05) is 6.07 Å². The lowest BCUT2D eigenvalue weighted by atomic mass is 10.0. The number of ether oxygens (including phenoxy) is 1. The summed E-state index contributed by atoms with van der Waals surface area (Å²) in [6, 6.07) is 1.38. The summed E-state index contributed by atoms with van der Waals surface area (Å²) in [5.41, 5.74) is 5.05. The molecule has 3 nitrogen and oxygen atoms in total. The second-order valence-corrected chi connectivity index (χ2v) is 3.41. The molecular weight excluding hydrogens is 242 g/mol. The van der Waals surface area contributed by atoms with Crippen LogP contribution in [0.2, 0.25) is 0 Å². The molecule has 0 unspecified atom stereocenters. The molecule has 0 saturated heterocycles. The summed E-state index contributed by atoms with van der Waals surface area (Å²) in [7, 11) is 1.22. The van der Waals surface area contributed by atoms with Crippen LogP contribution in [0.1, 0.15) is 11.6 Å². The van der Waals surface area contributed by atoms with Crippen molar-refractivity contribution in [3.8, 4) is 5.75 Å². The Morgan fingerprint density at radius 1 is 1.35 bits per heavy atom. The lowest BCUT2D eigenvalue weighted by Crippen LogP contribution is -2.38. The summed E-state index contributed by atoms with van der Waals surface area (Å²) >= 11 is 0. The molecule has 0 radical (unpaired) electrons. The SMILES string of the molecule is COc1ccc([C@H](N)[C@H](O)C(F)(F)F)cc1F. The summed E-state index contributed by atoms with van der Waals surface area (Å²) in [5, 5.41) is 8.92. The van der Waals surface area contributed by atoms with Gasteiger partial charge >= 0.3 is 6.18 Å². The zero-order valence-corrected chi connectivity index (χ0v) is 8.83. The van der Waals surface area contributed by atoms with Crippen LogP contribution in [0.5, 0.6) is 5.75 Å². The van der Waals surface area contributed by atoms with Gasteiger partial charge in [-0.15, -0.1) is 0 Å². The largest absolute Gasteiger partial charge is 0.494 e. The molecule has 0 aliphatic carbocycles. The van der Waals surface area contributed by atoms with E-state index in [1.165, 1.54) is 13.2 Å². The molecule has 0 aliphatic rings. The van der Waals surface area contributed by atoms with Gasteiger partial charge in [0.2, 0.25) is 0 Å². The molecule has 2 atom stereocenters. The van der Waals surface area contributed by atoms with Gasteiger partial charge in [0, 0.05) is 0 Å². The average Bonchev–Trinajstić information content (AvgIpc) is 2.25. The number of rotatable bonds is 3. The monoisotopic (exact) mass is 253 g/mol. The fraction of sp³-hybridized carbons (Fsp3) is 0.400. The summed E-state index contributed by atoms with van der Waals surface area (Å²) < 4.78 is 54.4. The lowest BCUT2D eigenvalue weighted by molar-refractivity contribution is -0.210. The maximum Gasteiger partial charge on any atom is 0.416 e. The fourth-order valence-electron chi connectivity index (χ4n) is 1.28. The van der Waals surface area contributed by atoms with E-state index in [0.717, 1.165) is 12.1 Å². The molecule has 0 bridgehead atoms. The molecule has 0 saturated carbocycles. The number of benzene rings is 1. The van der Waals surface area contributed by atoms with E-state index in [1.807, 2.05) is 0 Å². The molecule has 0 spiro atoms. The number of nitrogens with two attached hydrogens (primary N) is 1. The van der Waals surface area contributed by atoms with Crippen LogP contribution in [0, 0.1) is 5.82 Å². The number of halogens is 4. The van der Waals surface area contributed by atoms with Crippen molar-refractivity contribution in [2.45, 2.75) is 18.3 Å². The van der Waals surface area contributed by atoms with Crippen molar-refractivity contribution >= 4 is 0 Å². The molecule has 0 heterocycles. The average molecular weight is 253 g/mol. The van der Waals surface area contributed by atoms with Crippen LogP contribution >= 0.6 is 0 Å². The van der Waals surface area contributed by atoms with E-state index in [4.69, 9.17) is 10.8 Å². The molecule has 1 aromatic rings. The molecule has 3 N–H and O–H groups in total. The van der Waals surface area contributed by atoms with E-state index < -0.39 is 24.1 Å². The quantitative estimate of drug-likeness (QED) is 0.807. The Kier molecular flexibility index (Phi) is 3.94. The Labute approximate surface area is 94.8 Å². The molecule has 0 aliphatic heterocycles. The van der Waals surface area contributed by atoms with Gasteiger partial charge in [0.1, 0.15) is 0 Å². The van der Waals surface area contributed by atoms with Crippen molar-refractivity contribution < 1.29 is 27.4 Å². The first-order valence-corrected chi connectivity index (χ1v) is 4.61. The molecular formula is C10H11F4NO2. The minimum absolute atomic E-state index is 0.109. The third kappa shape index (κ3) is 3.07. The van der Waals surface area contributed by atoms with E-state index in [9.17, 15) is 17.6 Å². The van der Waals surface area contributed by atoms with Crippen molar-refractivity contribution in [2.24, 2.45) is 5.73 Å². The smallest absolute Gasteiger partial charge is 0.416 e. The van der Waals surface area contributed by atoms with Crippen LogP contribution in [0.25, 0.3) is 0 Å². The molecule has 0 aromatic heterocycles. The highest BCUT2D eigenvalue weighted by molar-refractivity contribution is 5.31. The summed E-state index contributed by atoms with van der Waals surface area (Å²) in [4.78, 5) is 0. The summed E-state index contributed by atoms with van der Waals surface area (Å²) in [6.07, 6.45) is -7.59.